The van der Waals surface area contributed by atoms with Crippen LogP contribution >= 0.6 is 0 Å². The average Bonchev–Trinajstić information content (AvgIpc) is 2.33. The van der Waals surface area contributed by atoms with Crippen molar-refractivity contribution in [2.75, 3.05) is 5.73 Å². The summed E-state index contributed by atoms with van der Waals surface area (Å²) < 4.78 is 0. The van der Waals surface area contributed by atoms with E-state index in [0.717, 1.165) is 23.2 Å². The lowest BCUT2D eigenvalue weighted by Gasteiger charge is -2.08. The van der Waals surface area contributed by atoms with Crippen LogP contribution in [0.15, 0.2) is 12.1 Å². The Morgan fingerprint density at radius 1 is 1.31 bits per heavy atom. The van der Waals surface area contributed by atoms with E-state index in [1.165, 1.54) is 24.6 Å². The van der Waals surface area contributed by atoms with Gasteiger partial charge in [-0.1, -0.05) is 33.3 Å². The lowest BCUT2D eigenvalue weighted by molar-refractivity contribution is 0.794. The largest absolute Gasteiger partial charge is 0.398 e. The predicted molar refractivity (Wildman–Crippen MR) is 73.4 cm³/mol. The van der Waals surface area contributed by atoms with Gasteiger partial charge in [0.05, 0.1) is 0 Å². The molecule has 0 amide bonds. The van der Waals surface area contributed by atoms with Gasteiger partial charge in [0.1, 0.15) is 0 Å². The van der Waals surface area contributed by atoms with Crippen LogP contribution in [0.1, 0.15) is 50.3 Å². The Hall–Kier alpha value is -1.31. The molecular formula is C14H24N2. The maximum Gasteiger partial charge on any atom is 0.0432 e. The number of unbranched alkanes of at least 4 members (excludes halogenated alkanes) is 1. The minimum Gasteiger partial charge on any atom is -0.398 e. The fraction of sp³-hybridized carbons (Fsp3) is 0.500. The lowest BCUT2D eigenvalue weighted by Crippen LogP contribution is -1.98. The molecule has 2 heteroatoms. The summed E-state index contributed by atoms with van der Waals surface area (Å²) >= 11 is 0. The molecule has 0 aromatic heterocycles. The molecule has 0 fully saturated rings. The summed E-state index contributed by atoms with van der Waals surface area (Å²) in [4.78, 5) is 0. The Kier molecular flexibility index (Phi) is 7.27. The molecule has 90 valence electrons. The van der Waals surface area contributed by atoms with Crippen LogP contribution in [0.3, 0.4) is 0 Å². The van der Waals surface area contributed by atoms with E-state index in [-0.39, 0.29) is 0 Å². The van der Waals surface area contributed by atoms with Gasteiger partial charge in [0.15, 0.2) is 0 Å². The summed E-state index contributed by atoms with van der Waals surface area (Å²) in [5, 5.41) is 7.25. The van der Waals surface area contributed by atoms with Gasteiger partial charge in [-0.2, -0.15) is 0 Å². The summed E-state index contributed by atoms with van der Waals surface area (Å²) in [5.74, 6) is 0. The van der Waals surface area contributed by atoms with E-state index in [1.807, 2.05) is 26.8 Å². The molecule has 0 aliphatic heterocycles. The molecule has 0 aliphatic rings. The molecule has 0 unspecified atom stereocenters. The number of hydrogen-bond acceptors (Lipinski definition) is 2. The molecule has 0 spiro atoms. The van der Waals surface area contributed by atoms with Crippen molar-refractivity contribution in [3.05, 3.63) is 28.8 Å². The van der Waals surface area contributed by atoms with Crippen LogP contribution in [0.25, 0.3) is 0 Å². The third kappa shape index (κ3) is 4.05. The van der Waals surface area contributed by atoms with Crippen molar-refractivity contribution in [3.8, 4) is 0 Å². The Morgan fingerprint density at radius 2 is 1.94 bits per heavy atom. The summed E-state index contributed by atoms with van der Waals surface area (Å²) in [6, 6.07) is 4.14. The van der Waals surface area contributed by atoms with Gasteiger partial charge in [-0.25, -0.2) is 0 Å². The second-order valence-corrected chi connectivity index (χ2v) is 3.66. The van der Waals surface area contributed by atoms with Gasteiger partial charge in [-0.3, -0.25) is 0 Å². The number of hydrogen-bond donors (Lipinski definition) is 2. The zero-order valence-electron chi connectivity index (χ0n) is 10.9. The maximum absolute atomic E-state index is 7.25. The highest BCUT2D eigenvalue weighted by Gasteiger charge is 2.02. The van der Waals surface area contributed by atoms with E-state index in [1.54, 1.807) is 0 Å². The second-order valence-electron chi connectivity index (χ2n) is 3.66. The van der Waals surface area contributed by atoms with Gasteiger partial charge in [0.2, 0.25) is 0 Å². The summed E-state index contributed by atoms with van der Waals surface area (Å²) in [5.41, 5.74) is 9.79. The van der Waals surface area contributed by atoms with Crippen LogP contribution in [-0.2, 0) is 6.42 Å². The predicted octanol–water partition coefficient (Wildman–Crippen LogP) is 3.94. The molecule has 1 aromatic carbocycles. The van der Waals surface area contributed by atoms with Gasteiger partial charge in [0.25, 0.3) is 0 Å². The molecule has 0 heterocycles. The van der Waals surface area contributed by atoms with E-state index >= 15 is 0 Å². The number of nitrogens with two attached hydrogens (primary N) is 1. The Morgan fingerprint density at radius 3 is 2.44 bits per heavy atom. The van der Waals surface area contributed by atoms with Crippen molar-refractivity contribution in [2.45, 2.75) is 47.0 Å². The zero-order valence-corrected chi connectivity index (χ0v) is 10.9. The third-order valence-corrected chi connectivity index (χ3v) is 2.45. The maximum atomic E-state index is 7.25. The number of anilines is 1. The molecule has 3 N–H and O–H groups in total. The molecule has 0 radical (unpaired) electrons. The first-order valence-electron chi connectivity index (χ1n) is 6.08. The first-order chi connectivity index (χ1) is 7.69. The minimum atomic E-state index is 0.736. The molecule has 2 nitrogen and oxygen atoms in total. The number of benzene rings is 1. The average molecular weight is 220 g/mol. The standard InChI is InChI=1S/C12H18N2.C2H6/c1-3-4-5-10-6-9(2)12(14)11(7-10)8-13;1-2/h6-8,13H,3-5,14H2,1-2H3;1-2H3. The van der Waals surface area contributed by atoms with Crippen molar-refractivity contribution in [2.24, 2.45) is 0 Å². The van der Waals surface area contributed by atoms with Gasteiger partial charge in [-0.05, 0) is 37.0 Å². The van der Waals surface area contributed by atoms with Crippen LogP contribution < -0.4 is 5.73 Å². The topological polar surface area (TPSA) is 49.9 Å². The van der Waals surface area contributed by atoms with Crippen LogP contribution in [0.4, 0.5) is 5.69 Å². The molecule has 16 heavy (non-hydrogen) atoms. The van der Waals surface area contributed by atoms with E-state index in [2.05, 4.69) is 13.0 Å². The zero-order chi connectivity index (χ0) is 12.6. The Labute approximate surface area is 99.4 Å². The van der Waals surface area contributed by atoms with Crippen LogP contribution in [0, 0.1) is 12.3 Å². The number of nitrogen functional groups attached to an aromatic ring is 1. The monoisotopic (exact) mass is 220 g/mol. The quantitative estimate of drug-likeness (QED) is 0.586. The van der Waals surface area contributed by atoms with Crippen molar-refractivity contribution in [1.29, 1.82) is 5.41 Å². The SMILES string of the molecule is CC.CCCCc1cc(C)c(N)c(C=N)c1. The van der Waals surface area contributed by atoms with Crippen molar-refractivity contribution >= 4 is 11.9 Å². The van der Waals surface area contributed by atoms with Crippen LogP contribution in [-0.4, -0.2) is 6.21 Å². The third-order valence-electron chi connectivity index (χ3n) is 2.45. The normalized spacial score (nSPS) is 9.25. The highest BCUT2D eigenvalue weighted by molar-refractivity contribution is 5.86. The van der Waals surface area contributed by atoms with E-state index in [0.29, 0.717) is 0 Å². The molecule has 0 atom stereocenters. The lowest BCUT2D eigenvalue weighted by atomic mass is 10.0. The van der Waals surface area contributed by atoms with Gasteiger partial charge < -0.3 is 11.1 Å². The first kappa shape index (κ1) is 14.7. The molecule has 1 rings (SSSR count). The number of aryl methyl sites for hydroxylation is 2. The first-order valence-corrected chi connectivity index (χ1v) is 6.08. The number of nitrogens with one attached hydrogen (secondary N) is 1. The molecule has 0 saturated heterocycles. The fourth-order valence-electron chi connectivity index (χ4n) is 1.55. The molecule has 0 aliphatic carbocycles. The van der Waals surface area contributed by atoms with Crippen molar-refractivity contribution in [3.63, 3.8) is 0 Å². The molecule has 0 bridgehead atoms. The van der Waals surface area contributed by atoms with E-state index < -0.39 is 0 Å². The molecule has 1 aromatic rings. The van der Waals surface area contributed by atoms with E-state index in [4.69, 9.17) is 11.1 Å². The summed E-state index contributed by atoms with van der Waals surface area (Å²) in [6.07, 6.45) is 4.81. The Balaban J connectivity index is 0.00000106. The van der Waals surface area contributed by atoms with Gasteiger partial charge in [0, 0.05) is 17.5 Å². The van der Waals surface area contributed by atoms with Gasteiger partial charge in [-0.15, -0.1) is 0 Å². The smallest absolute Gasteiger partial charge is 0.0432 e. The molecular weight excluding hydrogens is 196 g/mol. The van der Waals surface area contributed by atoms with Crippen LogP contribution in [0.5, 0.6) is 0 Å². The Bertz CT molecular complexity index is 330. The highest BCUT2D eigenvalue weighted by atomic mass is 14.6. The summed E-state index contributed by atoms with van der Waals surface area (Å²) in [7, 11) is 0. The molecule has 0 saturated carbocycles. The minimum absolute atomic E-state index is 0.736. The summed E-state index contributed by atoms with van der Waals surface area (Å²) in [6.45, 7) is 8.18. The highest BCUT2D eigenvalue weighted by Crippen LogP contribution is 2.19. The second kappa shape index (κ2) is 7.91. The van der Waals surface area contributed by atoms with E-state index in [9.17, 15) is 0 Å². The van der Waals surface area contributed by atoms with Gasteiger partial charge >= 0.3 is 0 Å². The number of rotatable bonds is 4. The van der Waals surface area contributed by atoms with Crippen molar-refractivity contribution in [1.82, 2.24) is 0 Å². The van der Waals surface area contributed by atoms with Crippen molar-refractivity contribution < 1.29 is 0 Å². The van der Waals surface area contributed by atoms with Crippen LogP contribution in [0.2, 0.25) is 0 Å². The fourth-order valence-corrected chi connectivity index (χ4v) is 1.55.